The van der Waals surface area contributed by atoms with Gasteiger partial charge in [0.25, 0.3) is 5.91 Å². The van der Waals surface area contributed by atoms with Gasteiger partial charge in [0.1, 0.15) is 5.82 Å². The summed E-state index contributed by atoms with van der Waals surface area (Å²) in [4.78, 5) is 12.7. The lowest BCUT2D eigenvalue weighted by molar-refractivity contribution is 0.102. The molecular formula is C23H22FN3O2S. The van der Waals surface area contributed by atoms with E-state index in [2.05, 4.69) is 5.32 Å². The predicted octanol–water partition coefficient (Wildman–Crippen LogP) is 4.99. The van der Waals surface area contributed by atoms with Crippen LogP contribution in [0.4, 0.5) is 15.8 Å². The largest absolute Gasteiger partial charge is 0.397 e. The minimum Gasteiger partial charge on any atom is -0.397 e. The van der Waals surface area contributed by atoms with E-state index < -0.39 is 14.5 Å². The Kier molecular flexibility index (Phi) is 4.86. The first kappa shape index (κ1) is 20.1. The van der Waals surface area contributed by atoms with Crippen molar-refractivity contribution in [2.75, 3.05) is 17.3 Å². The van der Waals surface area contributed by atoms with Crippen LogP contribution in [0.5, 0.6) is 0 Å². The standard InChI is InChI=1S/C23H22FN3O2S/c1-30(26,29)23(12-13-23)18-7-2-16(3-8-18)22(28)27-21-14-17(6-11-20(21)25)15-4-9-19(24)10-5-15/h2-11,14,26H,12-13,25H2,1H3,(H,27,28). The molecule has 7 heteroatoms. The fraction of sp³-hybridized carbons (Fsp3) is 0.174. The van der Waals surface area contributed by atoms with Crippen molar-refractivity contribution in [3.05, 3.63) is 83.7 Å². The number of hydrogen-bond acceptors (Lipinski definition) is 4. The first-order chi connectivity index (χ1) is 14.2. The summed E-state index contributed by atoms with van der Waals surface area (Å²) in [5.41, 5.74) is 9.80. The Morgan fingerprint density at radius 1 is 1.03 bits per heavy atom. The lowest BCUT2D eigenvalue weighted by Crippen LogP contribution is -2.18. The van der Waals surface area contributed by atoms with Crippen LogP contribution in [0.25, 0.3) is 11.1 Å². The summed E-state index contributed by atoms with van der Waals surface area (Å²) >= 11 is 0. The quantitative estimate of drug-likeness (QED) is 0.504. The maximum absolute atomic E-state index is 13.2. The van der Waals surface area contributed by atoms with Crippen molar-refractivity contribution >= 4 is 27.0 Å². The summed E-state index contributed by atoms with van der Waals surface area (Å²) in [5, 5.41) is 2.82. The molecular weight excluding hydrogens is 401 g/mol. The molecule has 30 heavy (non-hydrogen) atoms. The molecule has 0 aliphatic heterocycles. The Balaban J connectivity index is 1.55. The molecule has 1 aliphatic carbocycles. The molecule has 0 spiro atoms. The second-order valence-electron chi connectivity index (χ2n) is 7.68. The van der Waals surface area contributed by atoms with Gasteiger partial charge in [-0.3, -0.25) is 9.57 Å². The van der Waals surface area contributed by atoms with Crippen LogP contribution in [-0.2, 0) is 14.5 Å². The number of carbonyl (C=O) groups is 1. The SMILES string of the molecule is CS(=N)(=O)C1(c2ccc(C(=O)Nc3cc(-c4ccc(F)cc4)ccc3N)cc2)CC1. The highest BCUT2D eigenvalue weighted by atomic mass is 32.2. The summed E-state index contributed by atoms with van der Waals surface area (Å²) in [6.07, 6.45) is 2.92. The second kappa shape index (κ2) is 7.25. The van der Waals surface area contributed by atoms with Crippen molar-refractivity contribution in [2.45, 2.75) is 17.6 Å². The van der Waals surface area contributed by atoms with Gasteiger partial charge < -0.3 is 11.1 Å². The van der Waals surface area contributed by atoms with Gasteiger partial charge in [0, 0.05) is 11.8 Å². The molecule has 0 saturated heterocycles. The number of benzene rings is 3. The van der Waals surface area contributed by atoms with Gasteiger partial charge in [-0.25, -0.2) is 8.60 Å². The average Bonchev–Trinajstić information content (AvgIpc) is 3.53. The molecule has 0 heterocycles. The number of amides is 1. The Hall–Kier alpha value is -3.19. The van der Waals surface area contributed by atoms with Gasteiger partial charge in [0.15, 0.2) is 0 Å². The van der Waals surface area contributed by atoms with Gasteiger partial charge in [-0.1, -0.05) is 30.3 Å². The molecule has 1 aliphatic rings. The molecule has 4 N–H and O–H groups in total. The monoisotopic (exact) mass is 423 g/mol. The maximum atomic E-state index is 13.2. The molecule has 0 radical (unpaired) electrons. The summed E-state index contributed by atoms with van der Waals surface area (Å²) in [6.45, 7) is 0. The zero-order valence-corrected chi connectivity index (χ0v) is 17.3. The Morgan fingerprint density at radius 2 is 1.63 bits per heavy atom. The van der Waals surface area contributed by atoms with Gasteiger partial charge >= 0.3 is 0 Å². The molecule has 1 amide bonds. The Bertz CT molecular complexity index is 1220. The number of halogens is 1. The van der Waals surface area contributed by atoms with Crippen LogP contribution < -0.4 is 11.1 Å². The molecule has 5 nitrogen and oxygen atoms in total. The van der Waals surface area contributed by atoms with E-state index in [1.807, 2.05) is 6.07 Å². The van der Waals surface area contributed by atoms with Gasteiger partial charge in [0.2, 0.25) is 0 Å². The van der Waals surface area contributed by atoms with Gasteiger partial charge in [0.05, 0.1) is 25.9 Å². The summed E-state index contributed by atoms with van der Waals surface area (Å²) in [5.74, 6) is -0.638. The highest BCUT2D eigenvalue weighted by molar-refractivity contribution is 7.93. The zero-order chi connectivity index (χ0) is 21.5. The molecule has 1 saturated carbocycles. The molecule has 1 unspecified atom stereocenters. The van der Waals surface area contributed by atoms with Crippen LogP contribution in [0.1, 0.15) is 28.8 Å². The zero-order valence-electron chi connectivity index (χ0n) is 16.4. The van der Waals surface area contributed by atoms with E-state index in [1.54, 1.807) is 48.5 Å². The number of nitrogen functional groups attached to an aromatic ring is 1. The topological polar surface area (TPSA) is 96.0 Å². The highest BCUT2D eigenvalue weighted by Crippen LogP contribution is 2.52. The fourth-order valence-corrected chi connectivity index (χ4v) is 5.09. The van der Waals surface area contributed by atoms with Crippen molar-refractivity contribution in [1.29, 1.82) is 4.78 Å². The summed E-state index contributed by atoms with van der Waals surface area (Å²) < 4.78 is 32.8. The number of hydrogen-bond donors (Lipinski definition) is 3. The van der Waals surface area contributed by atoms with Gasteiger partial charge in [-0.2, -0.15) is 0 Å². The first-order valence-corrected chi connectivity index (χ1v) is 11.5. The van der Waals surface area contributed by atoms with Gasteiger partial charge in [-0.15, -0.1) is 0 Å². The highest BCUT2D eigenvalue weighted by Gasteiger charge is 2.51. The van der Waals surface area contributed by atoms with Crippen LogP contribution in [0.3, 0.4) is 0 Å². The lowest BCUT2D eigenvalue weighted by Gasteiger charge is -2.16. The molecule has 4 rings (SSSR count). The van der Waals surface area contributed by atoms with Crippen molar-refractivity contribution in [3.63, 3.8) is 0 Å². The molecule has 0 bridgehead atoms. The normalized spacial score (nSPS) is 16.5. The third-order valence-electron chi connectivity index (χ3n) is 5.60. The summed E-state index contributed by atoms with van der Waals surface area (Å²) in [6, 6.07) is 18.2. The summed E-state index contributed by atoms with van der Waals surface area (Å²) in [7, 11) is -2.71. The number of carbonyl (C=O) groups excluding carboxylic acids is 1. The average molecular weight is 424 g/mol. The van der Waals surface area contributed by atoms with Crippen LogP contribution in [0, 0.1) is 10.6 Å². The van der Waals surface area contributed by atoms with Crippen LogP contribution in [0.2, 0.25) is 0 Å². The smallest absolute Gasteiger partial charge is 0.255 e. The van der Waals surface area contributed by atoms with Crippen LogP contribution >= 0.6 is 0 Å². The van der Waals surface area contributed by atoms with Gasteiger partial charge in [-0.05, 0) is 65.9 Å². The van der Waals surface area contributed by atoms with Crippen molar-refractivity contribution in [1.82, 2.24) is 0 Å². The molecule has 1 fully saturated rings. The Labute approximate surface area is 175 Å². The van der Waals surface area contributed by atoms with E-state index in [0.29, 0.717) is 16.9 Å². The van der Waals surface area contributed by atoms with E-state index in [1.165, 1.54) is 18.4 Å². The molecule has 0 aromatic heterocycles. The van der Waals surface area contributed by atoms with E-state index in [-0.39, 0.29) is 11.7 Å². The minimum atomic E-state index is -2.71. The first-order valence-electron chi connectivity index (χ1n) is 9.50. The second-order valence-corrected chi connectivity index (χ2v) is 10.1. The predicted molar refractivity (Wildman–Crippen MR) is 118 cm³/mol. The van der Waals surface area contributed by atoms with E-state index >= 15 is 0 Å². The van der Waals surface area contributed by atoms with Crippen LogP contribution in [-0.4, -0.2) is 16.4 Å². The van der Waals surface area contributed by atoms with Crippen molar-refractivity contribution < 1.29 is 13.4 Å². The molecule has 154 valence electrons. The van der Waals surface area contributed by atoms with Crippen LogP contribution in [0.15, 0.2) is 66.7 Å². The number of nitrogens with two attached hydrogens (primary N) is 1. The third-order valence-corrected chi connectivity index (χ3v) is 7.74. The number of rotatable bonds is 5. The minimum absolute atomic E-state index is 0.316. The number of nitrogens with one attached hydrogen (secondary N) is 2. The van der Waals surface area contributed by atoms with E-state index in [0.717, 1.165) is 29.5 Å². The third kappa shape index (κ3) is 3.68. The number of anilines is 2. The fourth-order valence-electron chi connectivity index (χ4n) is 3.62. The molecule has 3 aromatic rings. The maximum Gasteiger partial charge on any atom is 0.255 e. The molecule has 1 atom stereocenters. The molecule has 3 aromatic carbocycles. The van der Waals surface area contributed by atoms with Crippen molar-refractivity contribution in [2.24, 2.45) is 0 Å². The lowest BCUT2D eigenvalue weighted by atomic mass is 10.0. The van der Waals surface area contributed by atoms with Crippen molar-refractivity contribution in [3.8, 4) is 11.1 Å². The van der Waals surface area contributed by atoms with E-state index in [4.69, 9.17) is 10.5 Å². The van der Waals surface area contributed by atoms with E-state index in [9.17, 15) is 13.4 Å². The Morgan fingerprint density at radius 3 is 2.20 bits per heavy atom.